The summed E-state index contributed by atoms with van der Waals surface area (Å²) in [5.74, 6) is 6.96. The zero-order valence-electron chi connectivity index (χ0n) is 11.8. The first-order chi connectivity index (χ1) is 8.99. The number of rotatable bonds is 3. The highest BCUT2D eigenvalue weighted by molar-refractivity contribution is 5.44. The second kappa shape index (κ2) is 5.54. The molecule has 2 heterocycles. The van der Waals surface area contributed by atoms with Crippen molar-refractivity contribution in [1.82, 2.24) is 15.0 Å². The van der Waals surface area contributed by atoms with Gasteiger partial charge in [-0.05, 0) is 13.8 Å². The molecule has 1 fully saturated rings. The van der Waals surface area contributed by atoms with E-state index in [2.05, 4.69) is 25.3 Å². The molecule has 1 aromatic rings. The lowest BCUT2D eigenvalue weighted by Crippen LogP contribution is -2.46. The monoisotopic (exact) mass is 267 g/mol. The molecule has 3 N–H and O–H groups in total. The zero-order chi connectivity index (χ0) is 14.0. The van der Waals surface area contributed by atoms with E-state index in [0.717, 1.165) is 13.1 Å². The van der Waals surface area contributed by atoms with Crippen molar-refractivity contribution >= 4 is 17.8 Å². The Morgan fingerprint density at radius 3 is 2.37 bits per heavy atom. The first kappa shape index (κ1) is 13.8. The summed E-state index contributed by atoms with van der Waals surface area (Å²) in [5.41, 5.74) is 2.48. The van der Waals surface area contributed by atoms with E-state index in [1.165, 1.54) is 0 Å². The molecule has 0 amide bonds. The van der Waals surface area contributed by atoms with E-state index < -0.39 is 0 Å². The van der Waals surface area contributed by atoms with Crippen LogP contribution >= 0.6 is 0 Å². The molecule has 1 aliphatic rings. The zero-order valence-corrected chi connectivity index (χ0v) is 11.8. The second-order valence-corrected chi connectivity index (χ2v) is 4.96. The summed E-state index contributed by atoms with van der Waals surface area (Å²) < 4.78 is 5.71. The molecular formula is C11H21N7O. The number of hydrazine groups is 1. The van der Waals surface area contributed by atoms with E-state index in [1.54, 1.807) is 0 Å². The number of morpholine rings is 1. The third-order valence-corrected chi connectivity index (χ3v) is 2.84. The van der Waals surface area contributed by atoms with Crippen molar-refractivity contribution in [3.05, 3.63) is 0 Å². The minimum Gasteiger partial charge on any atom is -0.372 e. The third-order valence-electron chi connectivity index (χ3n) is 2.84. The van der Waals surface area contributed by atoms with Crippen molar-refractivity contribution in [3.63, 3.8) is 0 Å². The van der Waals surface area contributed by atoms with Gasteiger partial charge in [0.1, 0.15) is 0 Å². The summed E-state index contributed by atoms with van der Waals surface area (Å²) in [6.07, 6.45) is 0.301. The molecule has 2 rings (SSSR count). The van der Waals surface area contributed by atoms with Crippen LogP contribution in [-0.2, 0) is 4.74 Å². The number of hydrogen-bond acceptors (Lipinski definition) is 8. The minimum absolute atomic E-state index is 0.151. The fourth-order valence-electron chi connectivity index (χ4n) is 2.10. The number of nitrogens with two attached hydrogens (primary N) is 1. The van der Waals surface area contributed by atoms with Crippen LogP contribution in [0.5, 0.6) is 0 Å². The highest BCUT2D eigenvalue weighted by atomic mass is 16.5. The van der Waals surface area contributed by atoms with E-state index in [9.17, 15) is 0 Å². The van der Waals surface area contributed by atoms with Gasteiger partial charge in [0.2, 0.25) is 17.8 Å². The first-order valence-electron chi connectivity index (χ1n) is 6.30. The topological polar surface area (TPSA) is 92.4 Å². The van der Waals surface area contributed by atoms with Gasteiger partial charge in [0.15, 0.2) is 0 Å². The van der Waals surface area contributed by atoms with Gasteiger partial charge in [0, 0.05) is 27.2 Å². The first-order valence-corrected chi connectivity index (χ1v) is 6.30. The Balaban J connectivity index is 2.30. The molecule has 0 spiro atoms. The molecule has 106 valence electrons. The predicted octanol–water partition coefficient (Wildman–Crippen LogP) is -0.163. The highest BCUT2D eigenvalue weighted by Crippen LogP contribution is 2.19. The number of hydrogen-bond donors (Lipinski definition) is 2. The molecule has 0 saturated carbocycles. The second-order valence-electron chi connectivity index (χ2n) is 4.96. The van der Waals surface area contributed by atoms with Crippen LogP contribution < -0.4 is 21.1 Å². The molecule has 2 atom stereocenters. The fraction of sp³-hybridized carbons (Fsp3) is 0.727. The summed E-state index contributed by atoms with van der Waals surface area (Å²) >= 11 is 0. The number of aromatic nitrogens is 3. The van der Waals surface area contributed by atoms with E-state index in [0.29, 0.717) is 17.8 Å². The van der Waals surface area contributed by atoms with Gasteiger partial charge >= 0.3 is 0 Å². The number of nitrogens with zero attached hydrogens (tertiary/aromatic N) is 5. The Hall–Kier alpha value is -1.67. The SMILES string of the molecule is CC1CN(c2nc(NN)nc(N(C)C)n2)CC(C)O1. The lowest BCUT2D eigenvalue weighted by Gasteiger charge is -2.35. The maximum Gasteiger partial charge on any atom is 0.243 e. The van der Waals surface area contributed by atoms with Crippen molar-refractivity contribution in [2.75, 3.05) is 42.4 Å². The van der Waals surface area contributed by atoms with Crippen LogP contribution in [0.4, 0.5) is 17.8 Å². The largest absolute Gasteiger partial charge is 0.372 e. The van der Waals surface area contributed by atoms with Crippen LogP contribution in [0.15, 0.2) is 0 Å². The van der Waals surface area contributed by atoms with Gasteiger partial charge in [0.05, 0.1) is 12.2 Å². The van der Waals surface area contributed by atoms with Crippen LogP contribution in [0.1, 0.15) is 13.8 Å². The third kappa shape index (κ3) is 3.21. The molecule has 0 aromatic carbocycles. The molecule has 0 radical (unpaired) electrons. The lowest BCUT2D eigenvalue weighted by atomic mass is 10.2. The molecule has 8 heteroatoms. The van der Waals surface area contributed by atoms with Gasteiger partial charge in [0.25, 0.3) is 0 Å². The minimum atomic E-state index is 0.151. The van der Waals surface area contributed by atoms with Crippen molar-refractivity contribution in [2.45, 2.75) is 26.1 Å². The Morgan fingerprint density at radius 1 is 1.21 bits per heavy atom. The molecule has 0 aliphatic carbocycles. The quantitative estimate of drug-likeness (QED) is 0.576. The Morgan fingerprint density at radius 2 is 1.84 bits per heavy atom. The Bertz CT molecular complexity index is 429. The molecular weight excluding hydrogens is 246 g/mol. The summed E-state index contributed by atoms with van der Waals surface area (Å²) in [7, 11) is 3.76. The van der Waals surface area contributed by atoms with Gasteiger partial charge in [-0.1, -0.05) is 0 Å². The normalized spacial score (nSPS) is 23.3. The van der Waals surface area contributed by atoms with Crippen LogP contribution in [0, 0.1) is 0 Å². The summed E-state index contributed by atoms with van der Waals surface area (Å²) in [6, 6.07) is 0. The number of nitrogens with one attached hydrogen (secondary N) is 1. The maximum absolute atomic E-state index is 5.71. The van der Waals surface area contributed by atoms with Crippen LogP contribution in [-0.4, -0.2) is 54.3 Å². The molecule has 1 aliphatic heterocycles. The van der Waals surface area contributed by atoms with Crippen molar-refractivity contribution in [3.8, 4) is 0 Å². The van der Waals surface area contributed by atoms with Gasteiger partial charge in [-0.15, -0.1) is 0 Å². The molecule has 2 unspecified atom stereocenters. The number of anilines is 3. The highest BCUT2D eigenvalue weighted by Gasteiger charge is 2.25. The van der Waals surface area contributed by atoms with Crippen LogP contribution in [0.2, 0.25) is 0 Å². The van der Waals surface area contributed by atoms with Gasteiger partial charge < -0.3 is 14.5 Å². The van der Waals surface area contributed by atoms with E-state index in [-0.39, 0.29) is 12.2 Å². The predicted molar refractivity (Wildman–Crippen MR) is 74.2 cm³/mol. The number of nitrogen functional groups attached to an aromatic ring is 1. The van der Waals surface area contributed by atoms with Crippen LogP contribution in [0.25, 0.3) is 0 Å². The van der Waals surface area contributed by atoms with E-state index in [4.69, 9.17) is 10.6 Å². The van der Waals surface area contributed by atoms with E-state index >= 15 is 0 Å². The Kier molecular flexibility index (Phi) is 4.01. The van der Waals surface area contributed by atoms with Gasteiger partial charge in [-0.2, -0.15) is 15.0 Å². The average Bonchev–Trinajstić information content (AvgIpc) is 2.37. The average molecular weight is 267 g/mol. The molecule has 1 saturated heterocycles. The van der Waals surface area contributed by atoms with Crippen LogP contribution in [0.3, 0.4) is 0 Å². The number of ether oxygens (including phenoxy) is 1. The fourth-order valence-corrected chi connectivity index (χ4v) is 2.10. The molecule has 8 nitrogen and oxygen atoms in total. The summed E-state index contributed by atoms with van der Waals surface area (Å²) in [6.45, 7) is 5.59. The van der Waals surface area contributed by atoms with Gasteiger partial charge in [-0.3, -0.25) is 5.43 Å². The van der Waals surface area contributed by atoms with Gasteiger partial charge in [-0.25, -0.2) is 5.84 Å². The van der Waals surface area contributed by atoms with Crippen molar-refractivity contribution < 1.29 is 4.74 Å². The van der Waals surface area contributed by atoms with E-state index in [1.807, 2.05) is 32.8 Å². The molecule has 1 aromatic heterocycles. The summed E-state index contributed by atoms with van der Waals surface area (Å²) in [4.78, 5) is 16.9. The summed E-state index contributed by atoms with van der Waals surface area (Å²) in [5, 5.41) is 0. The van der Waals surface area contributed by atoms with Crippen molar-refractivity contribution in [1.29, 1.82) is 0 Å². The molecule has 19 heavy (non-hydrogen) atoms. The lowest BCUT2D eigenvalue weighted by molar-refractivity contribution is -0.00571. The standard InChI is InChI=1S/C11H21N7O/c1-7-5-18(6-8(2)19-7)11-14-9(16-12)13-10(15-11)17(3)4/h7-8H,5-6,12H2,1-4H3,(H,13,14,15,16). The smallest absolute Gasteiger partial charge is 0.243 e. The maximum atomic E-state index is 5.71. The molecule has 0 bridgehead atoms. The van der Waals surface area contributed by atoms with Crippen molar-refractivity contribution in [2.24, 2.45) is 5.84 Å². The Labute approximate surface area is 112 Å².